The number of nitrogens with one attached hydrogen (secondary N) is 1. The highest BCUT2D eigenvalue weighted by atomic mass is 32.2. The summed E-state index contributed by atoms with van der Waals surface area (Å²) in [5, 5.41) is 3.40. The SMILES string of the molecule is CCNc1nc(CSc2cccc(C)c2)nc2c1CCC2. The van der Waals surface area contributed by atoms with Gasteiger partial charge in [0.1, 0.15) is 11.6 Å². The zero-order chi connectivity index (χ0) is 14.7. The minimum Gasteiger partial charge on any atom is -0.370 e. The van der Waals surface area contributed by atoms with Gasteiger partial charge in [-0.3, -0.25) is 0 Å². The zero-order valence-corrected chi connectivity index (χ0v) is 13.5. The average molecular weight is 299 g/mol. The van der Waals surface area contributed by atoms with Gasteiger partial charge in [0.2, 0.25) is 0 Å². The Morgan fingerprint density at radius 3 is 2.95 bits per heavy atom. The van der Waals surface area contributed by atoms with E-state index in [1.54, 1.807) is 0 Å². The molecular weight excluding hydrogens is 278 g/mol. The number of aromatic nitrogens is 2. The van der Waals surface area contributed by atoms with Crippen molar-refractivity contribution in [2.24, 2.45) is 0 Å². The van der Waals surface area contributed by atoms with Crippen LogP contribution in [0.1, 0.15) is 36.0 Å². The first kappa shape index (κ1) is 14.4. The molecule has 0 saturated carbocycles. The fourth-order valence-electron chi connectivity index (χ4n) is 2.71. The van der Waals surface area contributed by atoms with Crippen LogP contribution in [0.3, 0.4) is 0 Å². The molecule has 3 nitrogen and oxygen atoms in total. The fourth-order valence-corrected chi connectivity index (χ4v) is 3.58. The number of nitrogens with zero attached hydrogens (tertiary/aromatic N) is 2. The Labute approximate surface area is 130 Å². The van der Waals surface area contributed by atoms with E-state index < -0.39 is 0 Å². The molecule has 1 aromatic carbocycles. The summed E-state index contributed by atoms with van der Waals surface area (Å²) in [7, 11) is 0. The highest BCUT2D eigenvalue weighted by Gasteiger charge is 2.18. The maximum Gasteiger partial charge on any atom is 0.141 e. The molecule has 0 spiro atoms. The third kappa shape index (κ3) is 3.38. The predicted molar refractivity (Wildman–Crippen MR) is 89.0 cm³/mol. The molecule has 0 radical (unpaired) electrons. The van der Waals surface area contributed by atoms with Crippen LogP contribution in [0, 0.1) is 6.92 Å². The van der Waals surface area contributed by atoms with Crippen molar-refractivity contribution < 1.29 is 0 Å². The number of fused-ring (bicyclic) bond motifs is 1. The van der Waals surface area contributed by atoms with Gasteiger partial charge < -0.3 is 5.32 Å². The Bertz CT molecular complexity index is 640. The van der Waals surface area contributed by atoms with E-state index in [-0.39, 0.29) is 0 Å². The van der Waals surface area contributed by atoms with Crippen molar-refractivity contribution in [2.45, 2.75) is 43.8 Å². The molecule has 1 heterocycles. The predicted octanol–water partition coefficient (Wildman–Crippen LogP) is 4.00. The molecule has 3 rings (SSSR count). The molecule has 0 fully saturated rings. The minimum atomic E-state index is 0.828. The Balaban J connectivity index is 1.78. The third-order valence-corrected chi connectivity index (χ3v) is 4.67. The van der Waals surface area contributed by atoms with Gasteiger partial charge in [-0.25, -0.2) is 9.97 Å². The molecule has 0 saturated heterocycles. The molecule has 0 atom stereocenters. The van der Waals surface area contributed by atoms with Gasteiger partial charge in [-0.1, -0.05) is 17.7 Å². The van der Waals surface area contributed by atoms with Gasteiger partial charge >= 0.3 is 0 Å². The Hall–Kier alpha value is -1.55. The van der Waals surface area contributed by atoms with E-state index in [0.717, 1.165) is 36.8 Å². The van der Waals surface area contributed by atoms with E-state index in [1.165, 1.54) is 28.1 Å². The van der Waals surface area contributed by atoms with Gasteiger partial charge in [-0.15, -0.1) is 11.8 Å². The molecule has 0 amide bonds. The van der Waals surface area contributed by atoms with Gasteiger partial charge in [0, 0.05) is 22.7 Å². The van der Waals surface area contributed by atoms with Crippen molar-refractivity contribution in [1.82, 2.24) is 9.97 Å². The molecule has 0 unspecified atom stereocenters. The van der Waals surface area contributed by atoms with E-state index in [2.05, 4.69) is 43.4 Å². The smallest absolute Gasteiger partial charge is 0.141 e. The van der Waals surface area contributed by atoms with Crippen LogP contribution in [0.4, 0.5) is 5.82 Å². The molecule has 1 N–H and O–H groups in total. The number of anilines is 1. The first-order valence-corrected chi connectivity index (χ1v) is 8.57. The summed E-state index contributed by atoms with van der Waals surface area (Å²) in [6, 6.07) is 8.59. The van der Waals surface area contributed by atoms with Gasteiger partial charge in [0.15, 0.2) is 0 Å². The summed E-state index contributed by atoms with van der Waals surface area (Å²) in [6.45, 7) is 5.15. The monoisotopic (exact) mass is 299 g/mol. The standard InChI is InChI=1S/C17H21N3S/c1-3-18-17-14-8-5-9-15(14)19-16(20-17)11-21-13-7-4-6-12(2)10-13/h4,6-7,10H,3,5,8-9,11H2,1-2H3,(H,18,19,20). The second-order valence-electron chi connectivity index (χ2n) is 5.40. The average Bonchev–Trinajstić information content (AvgIpc) is 2.94. The number of rotatable bonds is 5. The molecule has 0 bridgehead atoms. The summed E-state index contributed by atoms with van der Waals surface area (Å²) in [5.41, 5.74) is 3.88. The number of aryl methyl sites for hydroxylation is 2. The second kappa shape index (κ2) is 6.48. The molecule has 110 valence electrons. The number of hydrogen-bond donors (Lipinski definition) is 1. The minimum absolute atomic E-state index is 0.828. The third-order valence-electron chi connectivity index (χ3n) is 3.68. The van der Waals surface area contributed by atoms with Crippen molar-refractivity contribution in [3.63, 3.8) is 0 Å². The maximum atomic E-state index is 4.76. The van der Waals surface area contributed by atoms with Crippen LogP contribution in [0.25, 0.3) is 0 Å². The number of thioether (sulfide) groups is 1. The summed E-state index contributed by atoms with van der Waals surface area (Å²) in [5.74, 6) is 2.83. The van der Waals surface area contributed by atoms with Crippen molar-refractivity contribution in [1.29, 1.82) is 0 Å². The fraction of sp³-hybridized carbons (Fsp3) is 0.412. The van der Waals surface area contributed by atoms with E-state index in [0.29, 0.717) is 0 Å². The lowest BCUT2D eigenvalue weighted by molar-refractivity contribution is 0.893. The van der Waals surface area contributed by atoms with Crippen molar-refractivity contribution in [3.8, 4) is 0 Å². The molecule has 0 aliphatic heterocycles. The molecule has 1 aromatic heterocycles. The van der Waals surface area contributed by atoms with Crippen molar-refractivity contribution >= 4 is 17.6 Å². The summed E-state index contributed by atoms with van der Waals surface area (Å²) >= 11 is 1.81. The van der Waals surface area contributed by atoms with Crippen LogP contribution < -0.4 is 5.32 Å². The van der Waals surface area contributed by atoms with Crippen LogP contribution in [-0.2, 0) is 18.6 Å². The summed E-state index contributed by atoms with van der Waals surface area (Å²) < 4.78 is 0. The van der Waals surface area contributed by atoms with Gasteiger partial charge in [0.25, 0.3) is 0 Å². The van der Waals surface area contributed by atoms with E-state index in [1.807, 2.05) is 11.8 Å². The van der Waals surface area contributed by atoms with Crippen molar-refractivity contribution in [2.75, 3.05) is 11.9 Å². The lowest BCUT2D eigenvalue weighted by atomic mass is 10.2. The largest absolute Gasteiger partial charge is 0.370 e. The summed E-state index contributed by atoms with van der Waals surface area (Å²) in [4.78, 5) is 10.8. The highest BCUT2D eigenvalue weighted by Crippen LogP contribution is 2.28. The second-order valence-corrected chi connectivity index (χ2v) is 6.45. The lowest BCUT2D eigenvalue weighted by Gasteiger charge is -2.11. The van der Waals surface area contributed by atoms with E-state index >= 15 is 0 Å². The number of benzene rings is 1. The van der Waals surface area contributed by atoms with Gasteiger partial charge in [-0.2, -0.15) is 0 Å². The van der Waals surface area contributed by atoms with Crippen LogP contribution in [0.15, 0.2) is 29.2 Å². The molecule has 1 aliphatic carbocycles. The van der Waals surface area contributed by atoms with Crippen molar-refractivity contribution in [3.05, 3.63) is 46.9 Å². The van der Waals surface area contributed by atoms with Crippen LogP contribution in [-0.4, -0.2) is 16.5 Å². The highest BCUT2D eigenvalue weighted by molar-refractivity contribution is 7.98. The first-order valence-electron chi connectivity index (χ1n) is 7.58. The lowest BCUT2D eigenvalue weighted by Crippen LogP contribution is -2.08. The van der Waals surface area contributed by atoms with Gasteiger partial charge in [0.05, 0.1) is 5.75 Å². The van der Waals surface area contributed by atoms with E-state index in [4.69, 9.17) is 9.97 Å². The van der Waals surface area contributed by atoms with Crippen LogP contribution >= 0.6 is 11.8 Å². The molecule has 1 aliphatic rings. The molecule has 2 aromatic rings. The molecule has 21 heavy (non-hydrogen) atoms. The summed E-state index contributed by atoms with van der Waals surface area (Å²) in [6.07, 6.45) is 3.41. The van der Waals surface area contributed by atoms with Gasteiger partial charge in [-0.05, 0) is 45.2 Å². The zero-order valence-electron chi connectivity index (χ0n) is 12.6. The molecular formula is C17H21N3S. The Morgan fingerprint density at radius 2 is 2.14 bits per heavy atom. The number of hydrogen-bond acceptors (Lipinski definition) is 4. The van der Waals surface area contributed by atoms with Crippen LogP contribution in [0.2, 0.25) is 0 Å². The first-order chi connectivity index (χ1) is 10.3. The normalized spacial score (nSPS) is 13.2. The van der Waals surface area contributed by atoms with E-state index in [9.17, 15) is 0 Å². The molecule has 4 heteroatoms. The quantitative estimate of drug-likeness (QED) is 0.847. The Kier molecular flexibility index (Phi) is 4.44. The maximum absolute atomic E-state index is 4.76. The topological polar surface area (TPSA) is 37.8 Å². The van der Waals surface area contributed by atoms with Crippen LogP contribution in [0.5, 0.6) is 0 Å². The Morgan fingerprint density at radius 1 is 1.24 bits per heavy atom.